The van der Waals surface area contributed by atoms with Crippen LogP contribution in [0.5, 0.6) is 5.75 Å². The monoisotopic (exact) mass is 885 g/mol. The minimum absolute atomic E-state index is 0.0856. The number of primary amides is 1. The third-order valence-electron chi connectivity index (χ3n) is 16.0. The highest BCUT2D eigenvalue weighted by Crippen LogP contribution is 2.67. The number of phenols is 1. The highest BCUT2D eigenvalue weighted by atomic mass is 16.6. The van der Waals surface area contributed by atoms with Gasteiger partial charge < -0.3 is 35.8 Å². The fourth-order valence-corrected chi connectivity index (χ4v) is 12.6. The number of unbranched alkanes of at least 4 members (excludes halogenated alkanes) is 1. The fraction of sp³-hybridized carbons (Fsp3) is 0.698. The number of benzene rings is 1. The first-order valence-electron chi connectivity index (χ1n) is 24.7. The Bertz CT molecular complexity index is 1900. The second-order valence-corrected chi connectivity index (χ2v) is 22.1. The maximum absolute atomic E-state index is 14.3. The molecule has 0 unspecified atom stereocenters. The first-order chi connectivity index (χ1) is 30.3. The Balaban J connectivity index is 1.13. The molecule has 0 bridgehead atoms. The van der Waals surface area contributed by atoms with Crippen LogP contribution in [-0.4, -0.2) is 64.2 Å². The summed E-state index contributed by atoms with van der Waals surface area (Å²) in [5, 5.41) is 15.6. The smallest absolute Gasteiger partial charge is 0.408 e. The molecule has 5 N–H and O–H groups in total. The van der Waals surface area contributed by atoms with E-state index in [9.17, 15) is 24.3 Å². The molecular formula is C53H80N4O7. The van der Waals surface area contributed by atoms with Gasteiger partial charge in [-0.1, -0.05) is 83.7 Å². The van der Waals surface area contributed by atoms with Crippen molar-refractivity contribution in [2.24, 2.45) is 52.1 Å². The van der Waals surface area contributed by atoms with E-state index in [4.69, 9.17) is 15.2 Å². The van der Waals surface area contributed by atoms with Crippen molar-refractivity contribution in [2.75, 3.05) is 6.54 Å². The molecule has 10 atom stereocenters. The van der Waals surface area contributed by atoms with E-state index in [-0.39, 0.29) is 23.7 Å². The molecule has 0 spiro atoms. The maximum atomic E-state index is 14.3. The summed E-state index contributed by atoms with van der Waals surface area (Å²) in [7, 11) is 0. The van der Waals surface area contributed by atoms with Crippen LogP contribution in [0.15, 0.2) is 60.0 Å². The number of aromatic hydroxyl groups is 1. The Hall–Kier alpha value is -4.28. The van der Waals surface area contributed by atoms with Crippen LogP contribution < -0.4 is 16.4 Å². The van der Waals surface area contributed by atoms with Crippen LogP contribution >= 0.6 is 0 Å². The number of nitrogens with one attached hydrogen (secondary N) is 2. The number of nitrogens with zero attached hydrogens (tertiary/aromatic N) is 1. The number of allylic oxidation sites excluding steroid dienone is 2. The topological polar surface area (TPSA) is 160 Å². The molecule has 1 aliphatic heterocycles. The van der Waals surface area contributed by atoms with Crippen molar-refractivity contribution >= 4 is 23.9 Å². The van der Waals surface area contributed by atoms with E-state index >= 15 is 0 Å². The minimum atomic E-state index is -1.07. The molecule has 3 fully saturated rings. The quantitative estimate of drug-likeness (QED) is 0.0644. The van der Waals surface area contributed by atoms with E-state index < -0.39 is 41.6 Å². The van der Waals surface area contributed by atoms with Crippen molar-refractivity contribution in [2.45, 2.75) is 182 Å². The summed E-state index contributed by atoms with van der Waals surface area (Å²) in [5.41, 5.74) is 7.95. The number of amides is 3. The Morgan fingerprint density at radius 2 is 1.66 bits per heavy atom. The van der Waals surface area contributed by atoms with Gasteiger partial charge in [0.1, 0.15) is 29.5 Å². The average molecular weight is 885 g/mol. The molecule has 11 nitrogen and oxygen atoms in total. The van der Waals surface area contributed by atoms with Gasteiger partial charge in [-0.15, -0.1) is 0 Å². The molecule has 5 aliphatic rings. The molecule has 354 valence electrons. The number of hydrogen-bond acceptors (Lipinski definition) is 8. The largest absolute Gasteiger partial charge is 0.508 e. The summed E-state index contributed by atoms with van der Waals surface area (Å²) >= 11 is 0. The van der Waals surface area contributed by atoms with Gasteiger partial charge in [0, 0.05) is 31.2 Å². The highest BCUT2D eigenvalue weighted by molar-refractivity contribution is 5.92. The number of rotatable bonds is 18. The Morgan fingerprint density at radius 1 is 0.906 bits per heavy atom. The standard InChI is InChI=1S/C53H80N4O7/c1-34(2)13-11-14-35(3)42-23-24-43-41-22-19-38-32-40(25-27-52(38,7)44(41)26-28-53(42,43)8)63-49(61)45(16-9-10-29-57-30-12-15-37(33-57)47(54)59)55-48(60)46(56-50(62)64-51(4,5)6)31-36-17-20-39(58)21-18-36/h12,17-21,30,33-35,40-46,58H,9-11,13-16,22-29,31-32H2,1-8H3,(H2,54,59)(H,55,60)(H,56,62)/t35-,40+,41+,42-,43+,44+,45+,46+,52+,53-/m1/s1. The summed E-state index contributed by atoms with van der Waals surface area (Å²) in [6.45, 7) is 18.2. The summed E-state index contributed by atoms with van der Waals surface area (Å²) in [6, 6.07) is 4.41. The minimum Gasteiger partial charge on any atom is -0.508 e. The van der Waals surface area contributed by atoms with Gasteiger partial charge in [0.05, 0.1) is 0 Å². The van der Waals surface area contributed by atoms with E-state index in [0.29, 0.717) is 67.0 Å². The number of carbonyl (C=O) groups is 4. The van der Waals surface area contributed by atoms with Gasteiger partial charge in [-0.05, 0) is 162 Å². The van der Waals surface area contributed by atoms with Gasteiger partial charge in [-0.25, -0.2) is 9.59 Å². The lowest BCUT2D eigenvalue weighted by Gasteiger charge is -2.58. The molecule has 64 heavy (non-hydrogen) atoms. The van der Waals surface area contributed by atoms with Crippen LogP contribution in [0.2, 0.25) is 0 Å². The maximum Gasteiger partial charge on any atom is 0.408 e. The molecule has 1 heterocycles. The zero-order chi connectivity index (χ0) is 46.4. The molecule has 6 rings (SSSR count). The van der Waals surface area contributed by atoms with Crippen molar-refractivity contribution in [3.8, 4) is 5.75 Å². The molecule has 0 saturated heterocycles. The van der Waals surface area contributed by atoms with Gasteiger partial charge >= 0.3 is 12.1 Å². The molecular weight excluding hydrogens is 805 g/mol. The number of nitrogens with two attached hydrogens (primary N) is 1. The summed E-state index contributed by atoms with van der Waals surface area (Å²) in [6.07, 6.45) is 22.1. The first-order valence-corrected chi connectivity index (χ1v) is 24.7. The van der Waals surface area contributed by atoms with Crippen LogP contribution in [0.1, 0.15) is 157 Å². The number of ether oxygens (including phenoxy) is 2. The molecule has 1 aromatic carbocycles. The second-order valence-electron chi connectivity index (χ2n) is 22.1. The van der Waals surface area contributed by atoms with Crippen molar-refractivity contribution < 1.29 is 33.8 Å². The molecule has 3 amide bonds. The number of hydrogen-bond donors (Lipinski definition) is 4. The van der Waals surface area contributed by atoms with Crippen molar-refractivity contribution in [3.63, 3.8) is 0 Å². The Labute approximate surface area is 383 Å². The lowest BCUT2D eigenvalue weighted by atomic mass is 9.47. The van der Waals surface area contributed by atoms with Crippen molar-refractivity contribution in [1.29, 1.82) is 0 Å². The number of fused-ring (bicyclic) bond motifs is 5. The van der Waals surface area contributed by atoms with Crippen molar-refractivity contribution in [1.82, 2.24) is 15.5 Å². The van der Waals surface area contributed by atoms with E-state index in [2.05, 4.69) is 51.3 Å². The Morgan fingerprint density at radius 3 is 2.36 bits per heavy atom. The van der Waals surface area contributed by atoms with Gasteiger partial charge in [0.15, 0.2) is 0 Å². The average Bonchev–Trinajstić information content (AvgIpc) is 3.59. The van der Waals surface area contributed by atoms with Gasteiger partial charge in [-0.3, -0.25) is 9.59 Å². The van der Waals surface area contributed by atoms with E-state index in [0.717, 1.165) is 42.9 Å². The van der Waals surface area contributed by atoms with E-state index in [1.54, 1.807) is 39.1 Å². The van der Waals surface area contributed by atoms with Gasteiger partial charge in [-0.2, -0.15) is 0 Å². The van der Waals surface area contributed by atoms with E-state index in [1.165, 1.54) is 62.7 Å². The molecule has 11 heteroatoms. The molecule has 3 saturated carbocycles. The third-order valence-corrected chi connectivity index (χ3v) is 16.0. The second kappa shape index (κ2) is 20.9. The first kappa shape index (κ1) is 49.2. The zero-order valence-corrected chi connectivity index (χ0v) is 40.3. The number of esters is 1. The van der Waals surface area contributed by atoms with Crippen LogP contribution in [0.3, 0.4) is 0 Å². The van der Waals surface area contributed by atoms with Crippen LogP contribution in [-0.2, 0) is 30.3 Å². The van der Waals surface area contributed by atoms with Gasteiger partial charge in [0.2, 0.25) is 11.8 Å². The predicted molar refractivity (Wildman–Crippen MR) is 251 cm³/mol. The lowest BCUT2D eigenvalue weighted by molar-refractivity contribution is -0.155. The number of carbonyl (C=O) groups excluding carboxylic acids is 4. The summed E-state index contributed by atoms with van der Waals surface area (Å²) in [4.78, 5) is 55.3. The molecule has 0 aromatic heterocycles. The summed E-state index contributed by atoms with van der Waals surface area (Å²) in [5.74, 6) is 3.13. The van der Waals surface area contributed by atoms with Crippen LogP contribution in [0.4, 0.5) is 4.79 Å². The molecule has 4 aliphatic carbocycles. The third kappa shape index (κ3) is 12.1. The van der Waals surface area contributed by atoms with Crippen LogP contribution in [0.25, 0.3) is 0 Å². The zero-order valence-electron chi connectivity index (χ0n) is 40.3. The highest BCUT2D eigenvalue weighted by Gasteiger charge is 2.59. The van der Waals surface area contributed by atoms with Crippen molar-refractivity contribution in [3.05, 3.63) is 65.5 Å². The molecule has 0 radical (unpaired) electrons. The van der Waals surface area contributed by atoms with Gasteiger partial charge in [0.25, 0.3) is 0 Å². The predicted octanol–water partition coefficient (Wildman–Crippen LogP) is 10.0. The Kier molecular flexibility index (Phi) is 16.1. The van der Waals surface area contributed by atoms with Crippen LogP contribution in [0, 0.1) is 46.3 Å². The van der Waals surface area contributed by atoms with E-state index in [1.807, 2.05) is 17.2 Å². The SMILES string of the molecule is CC(C)CCC[C@@H](C)[C@H]1CC[C@H]2[C@@H]3CC=C4C[C@@H](OC(=O)[C@H](CCCCN5C=CCC(C(N)=O)=C5)NC(=O)[C@H](Cc5ccc(O)cc5)NC(=O)OC(C)(C)C)CC[C@]4(C)[C@H]3CC[C@]12C. The fourth-order valence-electron chi connectivity index (χ4n) is 12.6. The number of alkyl carbamates (subject to hydrolysis) is 1. The lowest BCUT2D eigenvalue weighted by Crippen LogP contribution is -2.54. The summed E-state index contributed by atoms with van der Waals surface area (Å²) < 4.78 is 11.9. The normalized spacial score (nSPS) is 29.0. The number of phenolic OH excluding ortho intramolecular Hbond substituents is 1. The molecule has 1 aromatic rings.